The van der Waals surface area contributed by atoms with Gasteiger partial charge in [0.2, 0.25) is 0 Å². The van der Waals surface area contributed by atoms with E-state index in [-0.39, 0.29) is 0 Å². The SMILES string of the molecule is N#Cc1cc(C(F)(F)c2cc(F)cc(F)c2)ccc1F. The van der Waals surface area contributed by atoms with E-state index in [1.807, 2.05) is 0 Å². The highest BCUT2D eigenvalue weighted by Crippen LogP contribution is 2.36. The second kappa shape index (κ2) is 4.93. The van der Waals surface area contributed by atoms with E-state index in [2.05, 4.69) is 0 Å². The fraction of sp³-hybridized carbons (Fsp3) is 0.0714. The summed E-state index contributed by atoms with van der Waals surface area (Å²) in [6.07, 6.45) is 0. The van der Waals surface area contributed by atoms with Crippen LogP contribution in [-0.2, 0) is 5.92 Å². The second-order valence-electron chi connectivity index (χ2n) is 4.04. The van der Waals surface area contributed by atoms with Crippen molar-refractivity contribution in [1.29, 1.82) is 5.26 Å². The molecule has 2 rings (SSSR count). The van der Waals surface area contributed by atoms with Crippen molar-refractivity contribution < 1.29 is 22.0 Å². The van der Waals surface area contributed by atoms with Crippen molar-refractivity contribution in [2.45, 2.75) is 5.92 Å². The Bertz CT molecular complexity index is 683. The third-order valence-corrected chi connectivity index (χ3v) is 2.67. The van der Waals surface area contributed by atoms with Crippen LogP contribution in [0.15, 0.2) is 36.4 Å². The summed E-state index contributed by atoms with van der Waals surface area (Å²) in [4.78, 5) is 0. The fourth-order valence-corrected chi connectivity index (χ4v) is 1.71. The minimum absolute atomic E-state index is 0.463. The van der Waals surface area contributed by atoms with Crippen LogP contribution in [0, 0.1) is 28.8 Å². The summed E-state index contributed by atoms with van der Waals surface area (Å²) in [6.45, 7) is 0. The molecule has 6 heteroatoms. The molecule has 102 valence electrons. The van der Waals surface area contributed by atoms with Crippen LogP contribution < -0.4 is 0 Å². The Labute approximate surface area is 110 Å². The monoisotopic (exact) mass is 283 g/mol. The van der Waals surface area contributed by atoms with Crippen molar-refractivity contribution in [3.63, 3.8) is 0 Å². The molecule has 2 aromatic carbocycles. The first-order valence-electron chi connectivity index (χ1n) is 5.39. The highest BCUT2D eigenvalue weighted by Gasteiger charge is 2.35. The van der Waals surface area contributed by atoms with E-state index in [1.165, 1.54) is 6.07 Å². The summed E-state index contributed by atoms with van der Waals surface area (Å²) >= 11 is 0. The van der Waals surface area contributed by atoms with Gasteiger partial charge in [-0.2, -0.15) is 14.0 Å². The Kier molecular flexibility index (Phi) is 3.45. The lowest BCUT2D eigenvalue weighted by Crippen LogP contribution is -2.16. The molecule has 0 aliphatic heterocycles. The molecule has 20 heavy (non-hydrogen) atoms. The van der Waals surface area contributed by atoms with Crippen molar-refractivity contribution in [2.24, 2.45) is 0 Å². The molecular weight excluding hydrogens is 277 g/mol. The molecule has 0 atom stereocenters. The van der Waals surface area contributed by atoms with Crippen LogP contribution >= 0.6 is 0 Å². The molecule has 0 amide bonds. The van der Waals surface area contributed by atoms with Crippen LogP contribution in [0.2, 0.25) is 0 Å². The number of benzene rings is 2. The van der Waals surface area contributed by atoms with Crippen LogP contribution in [0.5, 0.6) is 0 Å². The maximum atomic E-state index is 14.1. The Morgan fingerprint density at radius 3 is 2.00 bits per heavy atom. The number of nitriles is 1. The van der Waals surface area contributed by atoms with Crippen molar-refractivity contribution in [3.8, 4) is 6.07 Å². The molecule has 2 aromatic rings. The molecule has 0 unspecified atom stereocenters. The average molecular weight is 283 g/mol. The standard InChI is InChI=1S/C14H6F5N/c15-11-4-10(5-12(16)6-11)14(18,19)9-1-2-13(17)8(3-9)7-20/h1-6H. The van der Waals surface area contributed by atoms with Crippen molar-refractivity contribution in [2.75, 3.05) is 0 Å². The van der Waals surface area contributed by atoms with Gasteiger partial charge in [0.25, 0.3) is 5.92 Å². The van der Waals surface area contributed by atoms with Gasteiger partial charge in [-0.3, -0.25) is 0 Å². The van der Waals surface area contributed by atoms with Gasteiger partial charge in [0.15, 0.2) is 0 Å². The van der Waals surface area contributed by atoms with Gasteiger partial charge in [-0.1, -0.05) is 0 Å². The quantitative estimate of drug-likeness (QED) is 0.761. The number of alkyl halides is 2. The highest BCUT2D eigenvalue weighted by atomic mass is 19.3. The van der Waals surface area contributed by atoms with Gasteiger partial charge < -0.3 is 0 Å². The lowest BCUT2D eigenvalue weighted by atomic mass is 9.98. The zero-order valence-electron chi connectivity index (χ0n) is 9.80. The third kappa shape index (κ3) is 2.48. The lowest BCUT2D eigenvalue weighted by Gasteiger charge is -2.17. The van der Waals surface area contributed by atoms with Gasteiger partial charge in [0.1, 0.15) is 23.5 Å². The summed E-state index contributed by atoms with van der Waals surface area (Å²) in [5.74, 6) is -7.00. The van der Waals surface area contributed by atoms with E-state index >= 15 is 0 Å². The minimum atomic E-state index is -3.75. The van der Waals surface area contributed by atoms with Crippen LogP contribution in [-0.4, -0.2) is 0 Å². The van der Waals surface area contributed by atoms with Gasteiger partial charge in [-0.25, -0.2) is 13.2 Å². The van der Waals surface area contributed by atoms with Crippen molar-refractivity contribution in [3.05, 3.63) is 70.5 Å². The van der Waals surface area contributed by atoms with Gasteiger partial charge >= 0.3 is 0 Å². The summed E-state index contributed by atoms with van der Waals surface area (Å²) in [7, 11) is 0. The first kappa shape index (κ1) is 14.0. The Morgan fingerprint density at radius 1 is 0.850 bits per heavy atom. The summed E-state index contributed by atoms with van der Waals surface area (Å²) < 4.78 is 67.4. The maximum Gasteiger partial charge on any atom is 0.298 e. The molecule has 0 saturated carbocycles. The summed E-state index contributed by atoms with van der Waals surface area (Å²) in [5, 5.41) is 8.61. The molecule has 0 heterocycles. The van der Waals surface area contributed by atoms with E-state index < -0.39 is 40.1 Å². The number of hydrogen-bond acceptors (Lipinski definition) is 1. The third-order valence-electron chi connectivity index (χ3n) is 2.67. The fourth-order valence-electron chi connectivity index (χ4n) is 1.71. The number of hydrogen-bond donors (Lipinski definition) is 0. The largest absolute Gasteiger partial charge is 0.298 e. The zero-order valence-corrected chi connectivity index (χ0v) is 9.80. The first-order chi connectivity index (χ1) is 9.34. The zero-order chi connectivity index (χ0) is 14.9. The van der Waals surface area contributed by atoms with Gasteiger partial charge in [-0.15, -0.1) is 0 Å². The topological polar surface area (TPSA) is 23.8 Å². The van der Waals surface area contributed by atoms with Crippen LogP contribution in [0.3, 0.4) is 0 Å². The molecule has 0 N–H and O–H groups in total. The van der Waals surface area contributed by atoms with Crippen LogP contribution in [0.25, 0.3) is 0 Å². The van der Waals surface area contributed by atoms with E-state index in [9.17, 15) is 22.0 Å². The van der Waals surface area contributed by atoms with E-state index in [4.69, 9.17) is 5.26 Å². The second-order valence-corrected chi connectivity index (χ2v) is 4.04. The maximum absolute atomic E-state index is 14.1. The molecule has 0 bridgehead atoms. The predicted molar refractivity (Wildman–Crippen MR) is 60.5 cm³/mol. The molecule has 0 aliphatic rings. The molecule has 0 fully saturated rings. The lowest BCUT2D eigenvalue weighted by molar-refractivity contribution is 0.0420. The normalized spacial score (nSPS) is 11.2. The number of rotatable bonds is 2. The van der Waals surface area contributed by atoms with Gasteiger partial charge in [0.05, 0.1) is 5.56 Å². The highest BCUT2D eigenvalue weighted by molar-refractivity contribution is 5.40. The van der Waals surface area contributed by atoms with Crippen molar-refractivity contribution >= 4 is 0 Å². The molecule has 0 aromatic heterocycles. The summed E-state index contributed by atoms with van der Waals surface area (Å²) in [5.41, 5.74) is -2.20. The Hall–Kier alpha value is -2.42. The average Bonchev–Trinajstić information content (AvgIpc) is 2.37. The van der Waals surface area contributed by atoms with Crippen LogP contribution in [0.1, 0.15) is 16.7 Å². The molecule has 0 saturated heterocycles. The summed E-state index contributed by atoms with van der Waals surface area (Å²) in [6, 6.07) is 4.98. The van der Waals surface area contributed by atoms with Crippen molar-refractivity contribution in [1.82, 2.24) is 0 Å². The molecule has 0 radical (unpaired) electrons. The van der Waals surface area contributed by atoms with E-state index in [1.54, 1.807) is 0 Å². The van der Waals surface area contributed by atoms with E-state index in [0.717, 1.165) is 6.07 Å². The van der Waals surface area contributed by atoms with Crippen LogP contribution in [0.4, 0.5) is 22.0 Å². The molecular formula is C14H6F5N. The van der Waals surface area contributed by atoms with Gasteiger partial charge in [-0.05, 0) is 30.3 Å². The number of halogens is 5. The van der Waals surface area contributed by atoms with E-state index in [0.29, 0.717) is 30.3 Å². The van der Waals surface area contributed by atoms with Gasteiger partial charge in [0, 0.05) is 17.2 Å². The molecule has 0 aliphatic carbocycles. The molecule has 1 nitrogen and oxygen atoms in total. The Balaban J connectivity index is 2.57. The molecule has 0 spiro atoms. The first-order valence-corrected chi connectivity index (χ1v) is 5.39. The predicted octanol–water partition coefficient (Wildman–Crippen LogP) is 4.12. The Morgan fingerprint density at radius 2 is 1.45 bits per heavy atom. The number of nitrogens with zero attached hydrogens (tertiary/aromatic N) is 1. The minimum Gasteiger partial charge on any atom is -0.207 e. The smallest absolute Gasteiger partial charge is 0.207 e.